The van der Waals surface area contributed by atoms with Gasteiger partial charge in [-0.3, -0.25) is 4.90 Å². The summed E-state index contributed by atoms with van der Waals surface area (Å²) in [5.41, 5.74) is 0. The SMILES string of the molecule is CC(C)OCCCN1C(C)CCC1C. The second kappa shape index (κ2) is 5.72. The molecule has 1 saturated heterocycles. The highest BCUT2D eigenvalue weighted by molar-refractivity contribution is 4.81. The molecule has 1 fully saturated rings. The van der Waals surface area contributed by atoms with E-state index in [1.165, 1.54) is 25.8 Å². The van der Waals surface area contributed by atoms with Gasteiger partial charge in [-0.1, -0.05) is 0 Å². The minimum Gasteiger partial charge on any atom is -0.379 e. The lowest BCUT2D eigenvalue weighted by Gasteiger charge is -2.25. The molecule has 0 aromatic carbocycles. The predicted octanol–water partition coefficient (Wildman–Crippen LogP) is 2.67. The molecule has 0 N–H and O–H groups in total. The Hall–Kier alpha value is -0.0800. The Bertz CT molecular complexity index is 148. The standard InChI is InChI=1S/C12H25NO/c1-10(2)14-9-5-8-13-11(3)6-7-12(13)4/h10-12H,5-9H2,1-4H3. The van der Waals surface area contributed by atoms with Crippen LogP contribution in [-0.4, -0.2) is 36.2 Å². The van der Waals surface area contributed by atoms with Crippen molar-refractivity contribution in [2.75, 3.05) is 13.2 Å². The highest BCUT2D eigenvalue weighted by atomic mass is 16.5. The average Bonchev–Trinajstić information content (AvgIpc) is 2.42. The van der Waals surface area contributed by atoms with Gasteiger partial charge in [-0.15, -0.1) is 0 Å². The van der Waals surface area contributed by atoms with E-state index in [1.807, 2.05) is 0 Å². The summed E-state index contributed by atoms with van der Waals surface area (Å²) in [4.78, 5) is 2.61. The smallest absolute Gasteiger partial charge is 0.0518 e. The second-order valence-electron chi connectivity index (χ2n) is 4.79. The molecular formula is C12H25NO. The van der Waals surface area contributed by atoms with Gasteiger partial charge in [-0.25, -0.2) is 0 Å². The van der Waals surface area contributed by atoms with E-state index in [-0.39, 0.29) is 0 Å². The van der Waals surface area contributed by atoms with Crippen molar-refractivity contribution in [2.45, 2.75) is 65.1 Å². The molecule has 2 unspecified atom stereocenters. The van der Waals surface area contributed by atoms with Gasteiger partial charge in [0.1, 0.15) is 0 Å². The van der Waals surface area contributed by atoms with E-state index in [1.54, 1.807) is 0 Å². The third-order valence-corrected chi connectivity index (χ3v) is 3.15. The van der Waals surface area contributed by atoms with Gasteiger partial charge in [0.2, 0.25) is 0 Å². The number of ether oxygens (including phenoxy) is 1. The van der Waals surface area contributed by atoms with E-state index in [9.17, 15) is 0 Å². The van der Waals surface area contributed by atoms with Crippen molar-refractivity contribution < 1.29 is 4.74 Å². The van der Waals surface area contributed by atoms with Gasteiger partial charge in [-0.05, 0) is 47.0 Å². The summed E-state index contributed by atoms with van der Waals surface area (Å²) in [6.45, 7) is 11.0. The van der Waals surface area contributed by atoms with Crippen molar-refractivity contribution in [1.29, 1.82) is 0 Å². The zero-order valence-electron chi connectivity index (χ0n) is 10.1. The van der Waals surface area contributed by atoms with Crippen LogP contribution in [0.15, 0.2) is 0 Å². The summed E-state index contributed by atoms with van der Waals surface area (Å²) in [7, 11) is 0. The molecule has 0 aromatic rings. The molecule has 1 heterocycles. The zero-order valence-corrected chi connectivity index (χ0v) is 10.1. The predicted molar refractivity (Wildman–Crippen MR) is 60.6 cm³/mol. The first-order valence-electron chi connectivity index (χ1n) is 5.98. The molecule has 1 rings (SSSR count). The Kier molecular flexibility index (Phi) is 4.90. The Balaban J connectivity index is 2.11. The van der Waals surface area contributed by atoms with Crippen molar-refractivity contribution in [2.24, 2.45) is 0 Å². The highest BCUT2D eigenvalue weighted by Crippen LogP contribution is 2.23. The molecule has 0 saturated carbocycles. The lowest BCUT2D eigenvalue weighted by Crippen LogP contribution is -2.34. The molecule has 2 atom stereocenters. The molecule has 0 radical (unpaired) electrons. The number of hydrogen-bond donors (Lipinski definition) is 0. The molecule has 2 nitrogen and oxygen atoms in total. The largest absolute Gasteiger partial charge is 0.379 e. The maximum absolute atomic E-state index is 5.55. The molecule has 14 heavy (non-hydrogen) atoms. The van der Waals surface area contributed by atoms with E-state index in [2.05, 4.69) is 32.6 Å². The number of likely N-dealkylation sites (tertiary alicyclic amines) is 1. The van der Waals surface area contributed by atoms with Crippen LogP contribution in [0.5, 0.6) is 0 Å². The van der Waals surface area contributed by atoms with Crippen LogP contribution in [0.4, 0.5) is 0 Å². The first-order valence-corrected chi connectivity index (χ1v) is 5.98. The number of nitrogens with zero attached hydrogens (tertiary/aromatic N) is 1. The molecule has 0 aliphatic carbocycles. The summed E-state index contributed by atoms with van der Waals surface area (Å²) in [6.07, 6.45) is 4.29. The van der Waals surface area contributed by atoms with E-state index in [0.29, 0.717) is 6.10 Å². The van der Waals surface area contributed by atoms with Crippen LogP contribution < -0.4 is 0 Å². The average molecular weight is 199 g/mol. The quantitative estimate of drug-likeness (QED) is 0.631. The van der Waals surface area contributed by atoms with Crippen LogP contribution in [0.25, 0.3) is 0 Å². The van der Waals surface area contributed by atoms with Crippen molar-refractivity contribution >= 4 is 0 Å². The van der Waals surface area contributed by atoms with Gasteiger partial charge in [0.15, 0.2) is 0 Å². The fourth-order valence-electron chi connectivity index (χ4n) is 2.26. The van der Waals surface area contributed by atoms with Crippen LogP contribution >= 0.6 is 0 Å². The van der Waals surface area contributed by atoms with E-state index < -0.39 is 0 Å². The molecule has 0 bridgehead atoms. The van der Waals surface area contributed by atoms with Gasteiger partial charge in [0.05, 0.1) is 6.10 Å². The lowest BCUT2D eigenvalue weighted by atomic mass is 10.2. The lowest BCUT2D eigenvalue weighted by molar-refractivity contribution is 0.0673. The third-order valence-electron chi connectivity index (χ3n) is 3.15. The summed E-state index contributed by atoms with van der Waals surface area (Å²) in [6, 6.07) is 1.56. The van der Waals surface area contributed by atoms with E-state index in [0.717, 1.165) is 18.7 Å². The topological polar surface area (TPSA) is 12.5 Å². The van der Waals surface area contributed by atoms with E-state index in [4.69, 9.17) is 4.74 Å². The summed E-state index contributed by atoms with van der Waals surface area (Å²) in [5, 5.41) is 0. The molecule has 0 aromatic heterocycles. The first kappa shape index (κ1) is 12.0. The summed E-state index contributed by atoms with van der Waals surface area (Å²) < 4.78 is 5.55. The zero-order chi connectivity index (χ0) is 10.6. The maximum atomic E-state index is 5.55. The van der Waals surface area contributed by atoms with Gasteiger partial charge < -0.3 is 4.74 Å². The fourth-order valence-corrected chi connectivity index (χ4v) is 2.26. The molecule has 84 valence electrons. The van der Waals surface area contributed by atoms with Gasteiger partial charge in [0, 0.05) is 25.2 Å². The van der Waals surface area contributed by atoms with Crippen LogP contribution in [0.2, 0.25) is 0 Å². The van der Waals surface area contributed by atoms with Gasteiger partial charge in [-0.2, -0.15) is 0 Å². The van der Waals surface area contributed by atoms with Crippen molar-refractivity contribution in [3.63, 3.8) is 0 Å². The van der Waals surface area contributed by atoms with Gasteiger partial charge in [0.25, 0.3) is 0 Å². The Morgan fingerprint density at radius 1 is 1.21 bits per heavy atom. The maximum Gasteiger partial charge on any atom is 0.0518 e. The van der Waals surface area contributed by atoms with Crippen molar-refractivity contribution in [3.8, 4) is 0 Å². The minimum atomic E-state index is 0.378. The van der Waals surface area contributed by atoms with Crippen LogP contribution in [-0.2, 0) is 4.74 Å². The summed E-state index contributed by atoms with van der Waals surface area (Å²) in [5.74, 6) is 0. The molecule has 0 amide bonds. The molecule has 1 aliphatic heterocycles. The highest BCUT2D eigenvalue weighted by Gasteiger charge is 2.26. The number of rotatable bonds is 5. The fraction of sp³-hybridized carbons (Fsp3) is 1.00. The van der Waals surface area contributed by atoms with Gasteiger partial charge >= 0.3 is 0 Å². The second-order valence-corrected chi connectivity index (χ2v) is 4.79. The van der Waals surface area contributed by atoms with Crippen LogP contribution in [0, 0.1) is 0 Å². The monoisotopic (exact) mass is 199 g/mol. The van der Waals surface area contributed by atoms with Crippen LogP contribution in [0.1, 0.15) is 47.0 Å². The molecular weight excluding hydrogens is 174 g/mol. The van der Waals surface area contributed by atoms with E-state index >= 15 is 0 Å². The normalized spacial score (nSPS) is 28.9. The van der Waals surface area contributed by atoms with Crippen LogP contribution in [0.3, 0.4) is 0 Å². The van der Waals surface area contributed by atoms with Crippen molar-refractivity contribution in [3.05, 3.63) is 0 Å². The summed E-state index contributed by atoms with van der Waals surface area (Å²) >= 11 is 0. The minimum absolute atomic E-state index is 0.378. The molecule has 0 spiro atoms. The molecule has 1 aliphatic rings. The Morgan fingerprint density at radius 3 is 2.29 bits per heavy atom. The molecule has 2 heteroatoms. The Labute approximate surface area is 88.6 Å². The third kappa shape index (κ3) is 3.58. The Morgan fingerprint density at radius 2 is 1.79 bits per heavy atom. The van der Waals surface area contributed by atoms with Crippen molar-refractivity contribution in [1.82, 2.24) is 4.90 Å². The first-order chi connectivity index (χ1) is 6.61. The number of hydrogen-bond acceptors (Lipinski definition) is 2.